The van der Waals surface area contributed by atoms with Crippen LogP contribution in [0, 0.1) is 12.7 Å². The Kier molecular flexibility index (Phi) is 5.75. The smallest absolute Gasteiger partial charge is 0.318 e. The molecule has 2 aromatic carbocycles. The first-order valence-corrected chi connectivity index (χ1v) is 10.8. The highest BCUT2D eigenvalue weighted by Crippen LogP contribution is 2.32. The van der Waals surface area contributed by atoms with Crippen LogP contribution in [0.25, 0.3) is 16.9 Å². The molecule has 7 nitrogen and oxygen atoms in total. The van der Waals surface area contributed by atoms with Crippen LogP contribution < -0.4 is 5.32 Å². The molecule has 0 aliphatic carbocycles. The van der Waals surface area contributed by atoms with Gasteiger partial charge in [-0.1, -0.05) is 24.3 Å². The first-order valence-electron chi connectivity index (χ1n) is 10.8. The molecule has 0 fully saturated rings. The molecule has 5 rings (SSSR count). The average molecular weight is 494 g/mol. The summed E-state index contributed by atoms with van der Waals surface area (Å²) in [6.07, 6.45) is -1.71. The summed E-state index contributed by atoms with van der Waals surface area (Å²) >= 11 is 0. The van der Waals surface area contributed by atoms with Gasteiger partial charge in [0, 0.05) is 17.8 Å². The number of carbonyl (C=O) groups is 1. The van der Waals surface area contributed by atoms with Crippen molar-refractivity contribution >= 4 is 17.2 Å². The largest absolute Gasteiger partial charge is 0.433 e. The highest BCUT2D eigenvalue weighted by molar-refractivity contribution is 6.03. The minimum Gasteiger partial charge on any atom is -0.318 e. The first-order chi connectivity index (χ1) is 17.2. The van der Waals surface area contributed by atoms with Crippen LogP contribution in [-0.4, -0.2) is 30.3 Å². The number of benzene rings is 2. The van der Waals surface area contributed by atoms with Gasteiger partial charge in [0.25, 0.3) is 5.91 Å². The molecule has 0 aliphatic heterocycles. The number of nitrogens with one attached hydrogen (secondary N) is 1. The van der Waals surface area contributed by atoms with Crippen LogP contribution in [0.2, 0.25) is 0 Å². The third-order valence-corrected chi connectivity index (χ3v) is 5.57. The predicted octanol–water partition coefficient (Wildman–Crippen LogP) is 5.36. The van der Waals surface area contributed by atoms with E-state index in [0.717, 1.165) is 35.4 Å². The molecule has 0 atom stereocenters. The summed E-state index contributed by atoms with van der Waals surface area (Å²) in [4.78, 5) is 17.0. The van der Waals surface area contributed by atoms with Gasteiger partial charge in [0.05, 0.1) is 24.1 Å². The summed E-state index contributed by atoms with van der Waals surface area (Å²) in [5, 5.41) is 10.7. The van der Waals surface area contributed by atoms with Crippen LogP contribution in [-0.2, 0) is 12.7 Å². The maximum Gasteiger partial charge on any atom is 0.433 e. The third-order valence-electron chi connectivity index (χ3n) is 5.57. The molecule has 0 saturated heterocycles. The lowest BCUT2D eigenvalue weighted by Gasteiger charge is -2.11. The van der Waals surface area contributed by atoms with E-state index in [0.29, 0.717) is 16.7 Å². The van der Waals surface area contributed by atoms with E-state index >= 15 is 0 Å². The zero-order valence-corrected chi connectivity index (χ0v) is 18.8. The molecule has 3 aromatic heterocycles. The Hall–Kier alpha value is -4.54. The van der Waals surface area contributed by atoms with Gasteiger partial charge in [-0.3, -0.25) is 9.48 Å². The minimum absolute atomic E-state index is 0.0286. The molecule has 182 valence electrons. The van der Waals surface area contributed by atoms with Gasteiger partial charge < -0.3 is 5.32 Å². The summed E-state index contributed by atoms with van der Waals surface area (Å²) < 4.78 is 56.8. The monoisotopic (exact) mass is 494 g/mol. The van der Waals surface area contributed by atoms with Crippen molar-refractivity contribution in [3.05, 3.63) is 101 Å². The topological polar surface area (TPSA) is 77.1 Å². The van der Waals surface area contributed by atoms with Crippen molar-refractivity contribution in [1.29, 1.82) is 0 Å². The van der Waals surface area contributed by atoms with Crippen molar-refractivity contribution < 1.29 is 22.4 Å². The molecule has 3 heterocycles. The average Bonchev–Trinajstić information content (AvgIpc) is 3.46. The van der Waals surface area contributed by atoms with Crippen LogP contribution in [0.4, 0.5) is 23.2 Å². The van der Waals surface area contributed by atoms with Gasteiger partial charge in [0.1, 0.15) is 5.82 Å². The van der Waals surface area contributed by atoms with E-state index in [9.17, 15) is 22.4 Å². The molecule has 1 N–H and O–H groups in total. The molecular weight excluding hydrogens is 476 g/mol. The SMILES string of the molecule is Cc1ccccc1Cn1cc(NC(=O)c2cc3nc(-c4ccc(F)cc4)cc(C(F)(F)F)n3n2)cn1. The second-order valence-electron chi connectivity index (χ2n) is 8.14. The van der Waals surface area contributed by atoms with Crippen molar-refractivity contribution in [1.82, 2.24) is 24.4 Å². The van der Waals surface area contributed by atoms with E-state index in [1.54, 1.807) is 10.9 Å². The molecule has 0 aliphatic rings. The summed E-state index contributed by atoms with van der Waals surface area (Å²) in [6.45, 7) is 2.47. The standard InChI is InChI=1S/C25H18F4N6O/c1-15-4-2-3-5-17(15)13-34-14-19(12-30-34)31-24(36)21-11-23-32-20(16-6-8-18(26)9-7-16)10-22(25(27,28)29)35(23)33-21/h2-12,14H,13H2,1H3,(H,31,36). The van der Waals surface area contributed by atoms with Crippen molar-refractivity contribution in [3.8, 4) is 11.3 Å². The Morgan fingerprint density at radius 1 is 1.06 bits per heavy atom. The number of anilines is 1. The van der Waals surface area contributed by atoms with Crippen LogP contribution in [0.3, 0.4) is 0 Å². The number of fused-ring (bicyclic) bond motifs is 1. The molecule has 1 amide bonds. The quantitative estimate of drug-likeness (QED) is 0.334. The zero-order valence-electron chi connectivity index (χ0n) is 18.8. The number of aryl methyl sites for hydroxylation is 1. The lowest BCUT2D eigenvalue weighted by Crippen LogP contribution is -2.15. The van der Waals surface area contributed by atoms with Gasteiger partial charge in [-0.25, -0.2) is 13.9 Å². The van der Waals surface area contributed by atoms with E-state index in [1.165, 1.54) is 18.3 Å². The number of aromatic nitrogens is 5. The second-order valence-corrected chi connectivity index (χ2v) is 8.14. The summed E-state index contributed by atoms with van der Waals surface area (Å²) in [5.41, 5.74) is 1.23. The van der Waals surface area contributed by atoms with E-state index in [-0.39, 0.29) is 22.6 Å². The Labute approximate surface area is 202 Å². The second kappa shape index (κ2) is 8.91. The van der Waals surface area contributed by atoms with Crippen molar-refractivity contribution in [2.75, 3.05) is 5.32 Å². The Morgan fingerprint density at radius 3 is 2.53 bits per heavy atom. The van der Waals surface area contributed by atoms with Crippen molar-refractivity contribution in [3.63, 3.8) is 0 Å². The molecular formula is C25H18F4N6O. The van der Waals surface area contributed by atoms with E-state index in [4.69, 9.17) is 0 Å². The molecule has 0 spiro atoms. The third kappa shape index (κ3) is 4.67. The fraction of sp³-hybridized carbons (Fsp3) is 0.120. The molecule has 0 unspecified atom stereocenters. The summed E-state index contributed by atoms with van der Waals surface area (Å²) in [6, 6.07) is 14.7. The van der Waals surface area contributed by atoms with Crippen LogP contribution in [0.1, 0.15) is 27.3 Å². The minimum atomic E-state index is -4.77. The number of nitrogens with zero attached hydrogens (tertiary/aromatic N) is 5. The number of rotatable bonds is 5. The molecule has 11 heteroatoms. The predicted molar refractivity (Wildman–Crippen MR) is 124 cm³/mol. The number of hydrogen-bond donors (Lipinski definition) is 1. The maximum absolute atomic E-state index is 13.8. The number of amides is 1. The molecule has 5 aromatic rings. The van der Waals surface area contributed by atoms with E-state index in [1.807, 2.05) is 31.2 Å². The molecule has 0 bridgehead atoms. The molecule has 36 heavy (non-hydrogen) atoms. The fourth-order valence-electron chi connectivity index (χ4n) is 3.73. The lowest BCUT2D eigenvalue weighted by molar-refractivity contribution is -0.142. The molecule has 0 radical (unpaired) electrons. The summed E-state index contributed by atoms with van der Waals surface area (Å²) in [7, 11) is 0. The Morgan fingerprint density at radius 2 is 1.81 bits per heavy atom. The van der Waals surface area contributed by atoms with E-state index in [2.05, 4.69) is 20.5 Å². The maximum atomic E-state index is 13.8. The van der Waals surface area contributed by atoms with Gasteiger partial charge in [0.15, 0.2) is 17.0 Å². The van der Waals surface area contributed by atoms with Crippen LogP contribution in [0.5, 0.6) is 0 Å². The lowest BCUT2D eigenvalue weighted by atomic mass is 10.1. The summed E-state index contributed by atoms with van der Waals surface area (Å²) in [5.74, 6) is -1.24. The van der Waals surface area contributed by atoms with Crippen molar-refractivity contribution in [2.24, 2.45) is 0 Å². The zero-order chi connectivity index (χ0) is 25.4. The number of hydrogen-bond acceptors (Lipinski definition) is 4. The van der Waals surface area contributed by atoms with Crippen LogP contribution >= 0.6 is 0 Å². The number of alkyl halides is 3. The number of halogens is 4. The normalized spacial score (nSPS) is 11.7. The highest BCUT2D eigenvalue weighted by atomic mass is 19.4. The Balaban J connectivity index is 1.43. The fourth-order valence-corrected chi connectivity index (χ4v) is 3.73. The number of carbonyl (C=O) groups excluding carboxylic acids is 1. The first kappa shape index (κ1) is 23.2. The van der Waals surface area contributed by atoms with Gasteiger partial charge in [-0.05, 0) is 48.4 Å². The van der Waals surface area contributed by atoms with Gasteiger partial charge in [-0.15, -0.1) is 0 Å². The van der Waals surface area contributed by atoms with E-state index < -0.39 is 23.6 Å². The van der Waals surface area contributed by atoms with Gasteiger partial charge >= 0.3 is 6.18 Å². The molecule has 0 saturated carbocycles. The van der Waals surface area contributed by atoms with Crippen LogP contribution in [0.15, 0.2) is 73.1 Å². The Bertz CT molecular complexity index is 1570. The van der Waals surface area contributed by atoms with Gasteiger partial charge in [-0.2, -0.15) is 23.4 Å². The highest BCUT2D eigenvalue weighted by Gasteiger charge is 2.35. The van der Waals surface area contributed by atoms with Gasteiger partial charge in [0.2, 0.25) is 0 Å². The van der Waals surface area contributed by atoms with Crippen molar-refractivity contribution in [2.45, 2.75) is 19.6 Å².